The first-order valence-electron chi connectivity index (χ1n) is 7.54. The van der Waals surface area contributed by atoms with E-state index in [2.05, 4.69) is 58.2 Å². The van der Waals surface area contributed by atoms with Crippen molar-refractivity contribution in [2.75, 3.05) is 0 Å². The van der Waals surface area contributed by atoms with Gasteiger partial charge in [0.1, 0.15) is 0 Å². The Morgan fingerprint density at radius 3 is 2.70 bits per heavy atom. The standard InChI is InChI=1S/C16H19N5OS/c1-10(2)8-13-17-14(22-21-13)9-23-16-18-15(19-20-16)12-6-4-11(3)5-7-12/h4-7,10H,8-9H2,1-3H3,(H,18,19,20). The molecule has 0 bridgehead atoms. The van der Waals surface area contributed by atoms with Crippen LogP contribution in [0.5, 0.6) is 0 Å². The van der Waals surface area contributed by atoms with Crippen molar-refractivity contribution in [1.29, 1.82) is 0 Å². The summed E-state index contributed by atoms with van der Waals surface area (Å²) in [5.41, 5.74) is 2.24. The van der Waals surface area contributed by atoms with Crippen molar-refractivity contribution in [3.8, 4) is 11.4 Å². The van der Waals surface area contributed by atoms with E-state index in [1.54, 1.807) is 0 Å². The van der Waals surface area contributed by atoms with E-state index < -0.39 is 0 Å². The number of aryl methyl sites for hydroxylation is 1. The Balaban J connectivity index is 1.61. The third kappa shape index (κ3) is 4.19. The van der Waals surface area contributed by atoms with Crippen LogP contribution in [0.3, 0.4) is 0 Å². The van der Waals surface area contributed by atoms with E-state index in [4.69, 9.17) is 4.52 Å². The maximum Gasteiger partial charge on any atom is 0.237 e. The van der Waals surface area contributed by atoms with Crippen molar-refractivity contribution >= 4 is 11.8 Å². The number of hydrogen-bond donors (Lipinski definition) is 1. The molecule has 2 aromatic heterocycles. The predicted molar refractivity (Wildman–Crippen MR) is 89.0 cm³/mol. The summed E-state index contributed by atoms with van der Waals surface area (Å²) in [6, 6.07) is 8.17. The van der Waals surface area contributed by atoms with E-state index in [9.17, 15) is 0 Å². The number of hydrogen-bond acceptors (Lipinski definition) is 6. The Kier molecular flexibility index (Phi) is 4.76. The summed E-state index contributed by atoms with van der Waals surface area (Å²) in [6.07, 6.45) is 0.826. The minimum absolute atomic E-state index is 0.512. The quantitative estimate of drug-likeness (QED) is 0.695. The number of thioether (sulfide) groups is 1. The molecule has 0 atom stereocenters. The molecule has 0 spiro atoms. The summed E-state index contributed by atoms with van der Waals surface area (Å²) in [7, 11) is 0. The average Bonchev–Trinajstić information content (AvgIpc) is 3.14. The number of nitrogens with one attached hydrogen (secondary N) is 1. The van der Waals surface area contributed by atoms with Crippen LogP contribution in [0.2, 0.25) is 0 Å². The highest BCUT2D eigenvalue weighted by Crippen LogP contribution is 2.22. The van der Waals surface area contributed by atoms with Gasteiger partial charge in [0.2, 0.25) is 11.0 Å². The third-order valence-electron chi connectivity index (χ3n) is 3.22. The van der Waals surface area contributed by atoms with E-state index in [1.807, 2.05) is 12.1 Å². The molecule has 120 valence electrons. The zero-order chi connectivity index (χ0) is 16.2. The molecule has 3 rings (SSSR count). The molecule has 0 amide bonds. The molecular formula is C16H19N5OS. The number of benzene rings is 1. The van der Waals surface area contributed by atoms with Crippen LogP contribution in [-0.4, -0.2) is 25.3 Å². The molecule has 0 fully saturated rings. The van der Waals surface area contributed by atoms with Crippen molar-refractivity contribution < 1.29 is 4.52 Å². The van der Waals surface area contributed by atoms with Crippen molar-refractivity contribution in [3.63, 3.8) is 0 Å². The van der Waals surface area contributed by atoms with Crippen LogP contribution in [0.4, 0.5) is 0 Å². The minimum Gasteiger partial charge on any atom is -0.338 e. The molecule has 3 aromatic rings. The molecule has 0 aliphatic carbocycles. The van der Waals surface area contributed by atoms with Gasteiger partial charge in [0, 0.05) is 12.0 Å². The smallest absolute Gasteiger partial charge is 0.237 e. The topological polar surface area (TPSA) is 80.5 Å². The monoisotopic (exact) mass is 329 g/mol. The first-order valence-corrected chi connectivity index (χ1v) is 8.52. The number of aromatic nitrogens is 5. The van der Waals surface area contributed by atoms with Crippen LogP contribution in [0.15, 0.2) is 33.9 Å². The first kappa shape index (κ1) is 15.7. The lowest BCUT2D eigenvalue weighted by Crippen LogP contribution is -1.96. The van der Waals surface area contributed by atoms with Crippen LogP contribution < -0.4 is 0 Å². The lowest BCUT2D eigenvalue weighted by molar-refractivity contribution is 0.382. The van der Waals surface area contributed by atoms with Crippen molar-refractivity contribution in [2.24, 2.45) is 5.92 Å². The Bertz CT molecular complexity index is 763. The molecule has 0 saturated heterocycles. The van der Waals surface area contributed by atoms with Gasteiger partial charge < -0.3 is 4.52 Å². The van der Waals surface area contributed by atoms with E-state index in [0.717, 1.165) is 23.6 Å². The van der Waals surface area contributed by atoms with Gasteiger partial charge >= 0.3 is 0 Å². The Morgan fingerprint density at radius 2 is 1.96 bits per heavy atom. The number of aromatic amines is 1. The molecule has 6 nitrogen and oxygen atoms in total. The molecule has 0 radical (unpaired) electrons. The highest BCUT2D eigenvalue weighted by Gasteiger charge is 2.11. The molecule has 0 aliphatic rings. The van der Waals surface area contributed by atoms with Gasteiger partial charge in [-0.2, -0.15) is 4.98 Å². The van der Waals surface area contributed by atoms with Gasteiger partial charge in [-0.25, -0.2) is 4.98 Å². The second-order valence-electron chi connectivity index (χ2n) is 5.82. The Hall–Kier alpha value is -2.15. The summed E-state index contributed by atoms with van der Waals surface area (Å²) in [4.78, 5) is 8.86. The SMILES string of the molecule is Cc1ccc(-c2nc(SCc3nc(CC(C)C)no3)n[nH]2)cc1. The largest absolute Gasteiger partial charge is 0.338 e. The molecular weight excluding hydrogens is 310 g/mol. The summed E-state index contributed by atoms with van der Waals surface area (Å²) >= 11 is 1.47. The maximum atomic E-state index is 5.24. The second kappa shape index (κ2) is 6.95. The van der Waals surface area contributed by atoms with Crippen LogP contribution in [-0.2, 0) is 12.2 Å². The molecule has 1 aromatic carbocycles. The zero-order valence-electron chi connectivity index (χ0n) is 13.4. The molecule has 0 saturated carbocycles. The highest BCUT2D eigenvalue weighted by molar-refractivity contribution is 7.98. The van der Waals surface area contributed by atoms with Gasteiger partial charge in [-0.15, -0.1) is 5.10 Å². The van der Waals surface area contributed by atoms with E-state index >= 15 is 0 Å². The Labute approximate surface area is 139 Å². The molecule has 7 heteroatoms. The van der Waals surface area contributed by atoms with Crippen LogP contribution in [0, 0.1) is 12.8 Å². The predicted octanol–water partition coefficient (Wildman–Crippen LogP) is 3.65. The van der Waals surface area contributed by atoms with Gasteiger partial charge in [-0.05, 0) is 12.8 Å². The summed E-state index contributed by atoms with van der Waals surface area (Å²) in [5.74, 6) is 3.20. The van der Waals surface area contributed by atoms with Crippen molar-refractivity contribution in [1.82, 2.24) is 25.3 Å². The molecule has 1 N–H and O–H groups in total. The first-order chi connectivity index (χ1) is 11.1. The molecule has 23 heavy (non-hydrogen) atoms. The van der Waals surface area contributed by atoms with Gasteiger partial charge in [0.05, 0.1) is 5.75 Å². The summed E-state index contributed by atoms with van der Waals surface area (Å²) < 4.78 is 5.24. The van der Waals surface area contributed by atoms with Crippen molar-refractivity contribution in [3.05, 3.63) is 41.5 Å². The fourth-order valence-electron chi connectivity index (χ4n) is 2.07. The molecule has 0 aliphatic heterocycles. The maximum absolute atomic E-state index is 5.24. The van der Waals surface area contributed by atoms with E-state index in [-0.39, 0.29) is 0 Å². The Morgan fingerprint density at radius 1 is 1.17 bits per heavy atom. The van der Waals surface area contributed by atoms with Gasteiger partial charge in [0.15, 0.2) is 11.6 Å². The molecule has 0 unspecified atom stereocenters. The van der Waals surface area contributed by atoms with Crippen LogP contribution in [0.25, 0.3) is 11.4 Å². The average molecular weight is 329 g/mol. The minimum atomic E-state index is 0.512. The number of rotatable bonds is 6. The lowest BCUT2D eigenvalue weighted by Gasteiger charge is -1.96. The number of H-pyrrole nitrogens is 1. The fraction of sp³-hybridized carbons (Fsp3) is 0.375. The summed E-state index contributed by atoms with van der Waals surface area (Å²) in [5, 5.41) is 11.8. The van der Waals surface area contributed by atoms with E-state index in [1.165, 1.54) is 17.3 Å². The van der Waals surface area contributed by atoms with Crippen molar-refractivity contribution in [2.45, 2.75) is 38.1 Å². The van der Waals surface area contributed by atoms with E-state index in [0.29, 0.717) is 22.7 Å². The second-order valence-corrected chi connectivity index (χ2v) is 6.77. The van der Waals surface area contributed by atoms with Gasteiger partial charge in [-0.1, -0.05) is 60.6 Å². The highest BCUT2D eigenvalue weighted by atomic mass is 32.2. The van der Waals surface area contributed by atoms with Crippen LogP contribution >= 0.6 is 11.8 Å². The fourth-order valence-corrected chi connectivity index (χ4v) is 2.71. The van der Waals surface area contributed by atoms with Crippen LogP contribution in [0.1, 0.15) is 31.1 Å². The number of nitrogens with zero attached hydrogens (tertiary/aromatic N) is 4. The normalized spacial score (nSPS) is 11.3. The zero-order valence-corrected chi connectivity index (χ0v) is 14.2. The third-order valence-corrected chi connectivity index (χ3v) is 4.05. The van der Waals surface area contributed by atoms with Gasteiger partial charge in [-0.3, -0.25) is 5.10 Å². The van der Waals surface area contributed by atoms with Gasteiger partial charge in [0.25, 0.3) is 0 Å². The summed E-state index contributed by atoms with van der Waals surface area (Å²) in [6.45, 7) is 6.32. The lowest BCUT2D eigenvalue weighted by atomic mass is 10.1. The molecule has 2 heterocycles.